The molecule has 2 heterocycles. The van der Waals surface area contributed by atoms with Crippen LogP contribution in [0.1, 0.15) is 6.42 Å². The number of pyridine rings is 1. The SMILES string of the molecule is CNCCCn1ccc2sccc2c1=O. The van der Waals surface area contributed by atoms with E-state index in [1.54, 1.807) is 15.9 Å². The van der Waals surface area contributed by atoms with Crippen LogP contribution in [0, 0.1) is 0 Å². The van der Waals surface area contributed by atoms with Gasteiger partial charge in [0, 0.05) is 17.4 Å². The van der Waals surface area contributed by atoms with E-state index in [0.717, 1.165) is 29.6 Å². The second kappa shape index (κ2) is 4.59. The number of hydrogen-bond donors (Lipinski definition) is 1. The number of aromatic nitrogens is 1. The number of hydrogen-bond acceptors (Lipinski definition) is 3. The predicted octanol–water partition coefficient (Wildman–Crippen LogP) is 1.67. The Morgan fingerprint density at radius 1 is 1.47 bits per heavy atom. The first-order valence-electron chi connectivity index (χ1n) is 5.04. The zero-order chi connectivity index (χ0) is 10.7. The first-order chi connectivity index (χ1) is 7.33. The molecule has 0 aliphatic heterocycles. The third-order valence-electron chi connectivity index (χ3n) is 2.42. The standard InChI is InChI=1S/C11H14N2OS/c1-12-5-2-6-13-7-3-10-9(11(13)14)4-8-15-10/h3-4,7-8,12H,2,5-6H2,1H3. The van der Waals surface area contributed by atoms with E-state index in [4.69, 9.17) is 0 Å². The lowest BCUT2D eigenvalue weighted by atomic mass is 10.3. The van der Waals surface area contributed by atoms with E-state index in [1.807, 2.05) is 30.8 Å². The van der Waals surface area contributed by atoms with E-state index in [9.17, 15) is 4.79 Å². The molecule has 0 saturated heterocycles. The summed E-state index contributed by atoms with van der Waals surface area (Å²) in [5.74, 6) is 0. The Balaban J connectivity index is 2.28. The summed E-state index contributed by atoms with van der Waals surface area (Å²) in [6.45, 7) is 1.72. The van der Waals surface area contributed by atoms with Gasteiger partial charge in [0.05, 0.1) is 5.39 Å². The smallest absolute Gasteiger partial charge is 0.259 e. The molecule has 0 bridgehead atoms. The van der Waals surface area contributed by atoms with Gasteiger partial charge < -0.3 is 9.88 Å². The van der Waals surface area contributed by atoms with Crippen molar-refractivity contribution in [3.63, 3.8) is 0 Å². The number of fused-ring (bicyclic) bond motifs is 1. The highest BCUT2D eigenvalue weighted by atomic mass is 32.1. The van der Waals surface area contributed by atoms with Gasteiger partial charge in [-0.2, -0.15) is 0 Å². The van der Waals surface area contributed by atoms with E-state index < -0.39 is 0 Å². The van der Waals surface area contributed by atoms with Gasteiger partial charge in [-0.25, -0.2) is 0 Å². The van der Waals surface area contributed by atoms with E-state index in [-0.39, 0.29) is 5.56 Å². The molecule has 0 atom stereocenters. The maximum Gasteiger partial charge on any atom is 0.259 e. The van der Waals surface area contributed by atoms with Crippen molar-refractivity contribution in [2.24, 2.45) is 0 Å². The first-order valence-corrected chi connectivity index (χ1v) is 5.92. The van der Waals surface area contributed by atoms with Crippen LogP contribution in [-0.4, -0.2) is 18.2 Å². The van der Waals surface area contributed by atoms with Crippen molar-refractivity contribution >= 4 is 21.4 Å². The van der Waals surface area contributed by atoms with Gasteiger partial charge in [-0.1, -0.05) is 0 Å². The molecule has 0 saturated carbocycles. The minimum Gasteiger partial charge on any atom is -0.320 e. The number of aryl methyl sites for hydroxylation is 1. The zero-order valence-corrected chi connectivity index (χ0v) is 9.51. The summed E-state index contributed by atoms with van der Waals surface area (Å²) in [4.78, 5) is 11.9. The lowest BCUT2D eigenvalue weighted by Crippen LogP contribution is -2.21. The third-order valence-corrected chi connectivity index (χ3v) is 3.30. The second-order valence-electron chi connectivity index (χ2n) is 3.47. The summed E-state index contributed by atoms with van der Waals surface area (Å²) in [5, 5.41) is 5.88. The zero-order valence-electron chi connectivity index (χ0n) is 8.69. The van der Waals surface area contributed by atoms with Gasteiger partial charge in [0.25, 0.3) is 5.56 Å². The number of nitrogens with one attached hydrogen (secondary N) is 1. The fourth-order valence-corrected chi connectivity index (χ4v) is 2.38. The molecule has 0 aliphatic carbocycles. The summed E-state index contributed by atoms with van der Waals surface area (Å²) in [7, 11) is 1.92. The number of thiophene rings is 1. The Hall–Kier alpha value is -1.13. The van der Waals surface area contributed by atoms with Crippen molar-refractivity contribution in [1.29, 1.82) is 0 Å². The van der Waals surface area contributed by atoms with E-state index >= 15 is 0 Å². The lowest BCUT2D eigenvalue weighted by Gasteiger charge is -2.04. The highest BCUT2D eigenvalue weighted by Crippen LogP contribution is 2.16. The Morgan fingerprint density at radius 2 is 2.33 bits per heavy atom. The summed E-state index contributed by atoms with van der Waals surface area (Å²) in [5.41, 5.74) is 0.129. The van der Waals surface area contributed by atoms with Gasteiger partial charge in [0.1, 0.15) is 0 Å². The van der Waals surface area contributed by atoms with Gasteiger partial charge >= 0.3 is 0 Å². The van der Waals surface area contributed by atoms with Crippen LogP contribution in [0.3, 0.4) is 0 Å². The minimum atomic E-state index is 0.129. The average Bonchev–Trinajstić information content (AvgIpc) is 2.70. The van der Waals surface area contributed by atoms with Crippen molar-refractivity contribution in [3.8, 4) is 0 Å². The van der Waals surface area contributed by atoms with Crippen LogP contribution >= 0.6 is 11.3 Å². The molecule has 3 nitrogen and oxygen atoms in total. The molecule has 0 spiro atoms. The minimum absolute atomic E-state index is 0.129. The number of rotatable bonds is 4. The van der Waals surface area contributed by atoms with Crippen LogP contribution < -0.4 is 10.9 Å². The molecule has 0 fully saturated rings. The lowest BCUT2D eigenvalue weighted by molar-refractivity contribution is 0.601. The first kappa shape index (κ1) is 10.4. The quantitative estimate of drug-likeness (QED) is 0.798. The molecule has 0 radical (unpaired) electrons. The summed E-state index contributed by atoms with van der Waals surface area (Å²) >= 11 is 1.61. The topological polar surface area (TPSA) is 34.0 Å². The van der Waals surface area contributed by atoms with Gasteiger partial charge in [-0.15, -0.1) is 11.3 Å². The van der Waals surface area contributed by atoms with Crippen LogP contribution in [0.15, 0.2) is 28.5 Å². The van der Waals surface area contributed by atoms with Crippen LogP contribution in [0.4, 0.5) is 0 Å². The van der Waals surface area contributed by atoms with Gasteiger partial charge in [0.15, 0.2) is 0 Å². The normalized spacial score (nSPS) is 11.0. The third kappa shape index (κ3) is 2.11. The largest absolute Gasteiger partial charge is 0.320 e. The summed E-state index contributed by atoms with van der Waals surface area (Å²) in [6.07, 6.45) is 2.86. The molecule has 4 heteroatoms. The molecule has 0 aliphatic rings. The maximum absolute atomic E-state index is 11.9. The van der Waals surface area contributed by atoms with Gasteiger partial charge in [-0.3, -0.25) is 4.79 Å². The molecule has 0 aromatic carbocycles. The molecule has 2 aromatic rings. The molecule has 0 amide bonds. The van der Waals surface area contributed by atoms with Gasteiger partial charge in [-0.05, 0) is 37.5 Å². The fraction of sp³-hybridized carbons (Fsp3) is 0.364. The monoisotopic (exact) mass is 222 g/mol. The molecule has 1 N–H and O–H groups in total. The van der Waals surface area contributed by atoms with E-state index in [2.05, 4.69) is 5.32 Å². The average molecular weight is 222 g/mol. The van der Waals surface area contributed by atoms with Crippen molar-refractivity contribution < 1.29 is 0 Å². The number of nitrogens with zero attached hydrogens (tertiary/aromatic N) is 1. The van der Waals surface area contributed by atoms with Crippen LogP contribution in [0.5, 0.6) is 0 Å². The van der Waals surface area contributed by atoms with Crippen LogP contribution in [-0.2, 0) is 6.54 Å². The molecule has 15 heavy (non-hydrogen) atoms. The molecule has 80 valence electrons. The molecule has 2 rings (SSSR count). The second-order valence-corrected chi connectivity index (χ2v) is 4.42. The highest BCUT2D eigenvalue weighted by molar-refractivity contribution is 7.17. The predicted molar refractivity (Wildman–Crippen MR) is 64.6 cm³/mol. The maximum atomic E-state index is 11.9. The van der Waals surface area contributed by atoms with Crippen LogP contribution in [0.25, 0.3) is 10.1 Å². The van der Waals surface area contributed by atoms with E-state index in [1.165, 1.54) is 0 Å². The van der Waals surface area contributed by atoms with E-state index in [0.29, 0.717) is 0 Å². The van der Waals surface area contributed by atoms with Crippen molar-refractivity contribution in [2.45, 2.75) is 13.0 Å². The Kier molecular flexibility index (Phi) is 3.18. The fourth-order valence-electron chi connectivity index (χ4n) is 1.61. The van der Waals surface area contributed by atoms with Crippen molar-refractivity contribution in [1.82, 2.24) is 9.88 Å². The summed E-state index contributed by atoms with van der Waals surface area (Å²) < 4.78 is 2.86. The van der Waals surface area contributed by atoms with Crippen molar-refractivity contribution in [3.05, 3.63) is 34.1 Å². The molecular formula is C11H14N2OS. The molecular weight excluding hydrogens is 208 g/mol. The Morgan fingerprint density at radius 3 is 3.13 bits per heavy atom. The molecule has 2 aromatic heterocycles. The van der Waals surface area contributed by atoms with Crippen molar-refractivity contribution in [2.75, 3.05) is 13.6 Å². The molecule has 0 unspecified atom stereocenters. The Bertz CT molecular complexity index is 501. The Labute approximate surface area is 92.4 Å². The van der Waals surface area contributed by atoms with Gasteiger partial charge in [0.2, 0.25) is 0 Å². The summed E-state index contributed by atoms with van der Waals surface area (Å²) in [6, 6.07) is 3.91. The van der Waals surface area contributed by atoms with Crippen LogP contribution in [0.2, 0.25) is 0 Å². The highest BCUT2D eigenvalue weighted by Gasteiger charge is 2.02.